The molecule has 0 saturated heterocycles. The SMILES string of the molecule is Cc1cnc(C(=O)O[C@@H](C)C(=O)NCc2ccc3c(c2)OCO3)cn1. The average Bonchev–Trinajstić information content (AvgIpc) is 3.07. The van der Waals surface area contributed by atoms with Crippen LogP contribution in [0.2, 0.25) is 0 Å². The van der Waals surface area contributed by atoms with Gasteiger partial charge in [0.25, 0.3) is 5.91 Å². The standard InChI is InChI=1S/C17H17N3O5/c1-10-6-19-13(8-18-10)17(22)25-11(2)16(21)20-7-12-3-4-14-15(5-12)24-9-23-14/h3-6,8,11H,7,9H2,1-2H3,(H,20,21)/t11-/m0/s1. The van der Waals surface area contributed by atoms with Crippen LogP contribution < -0.4 is 14.8 Å². The maximum absolute atomic E-state index is 12.1. The summed E-state index contributed by atoms with van der Waals surface area (Å²) >= 11 is 0. The number of rotatable bonds is 5. The number of esters is 1. The number of fused-ring (bicyclic) bond motifs is 1. The third-order valence-electron chi connectivity index (χ3n) is 3.55. The van der Waals surface area contributed by atoms with Gasteiger partial charge in [-0.3, -0.25) is 9.78 Å². The van der Waals surface area contributed by atoms with E-state index in [-0.39, 0.29) is 19.0 Å². The van der Waals surface area contributed by atoms with E-state index in [4.69, 9.17) is 14.2 Å². The van der Waals surface area contributed by atoms with Gasteiger partial charge in [0, 0.05) is 12.7 Å². The Kier molecular flexibility index (Phi) is 4.78. The van der Waals surface area contributed by atoms with Crippen molar-refractivity contribution in [2.45, 2.75) is 26.5 Å². The van der Waals surface area contributed by atoms with Gasteiger partial charge in [0.05, 0.1) is 11.9 Å². The number of carbonyl (C=O) groups is 2. The van der Waals surface area contributed by atoms with Crippen molar-refractivity contribution in [1.29, 1.82) is 0 Å². The van der Waals surface area contributed by atoms with Crippen LogP contribution in [-0.4, -0.2) is 34.7 Å². The number of aryl methyl sites for hydroxylation is 1. The lowest BCUT2D eigenvalue weighted by Gasteiger charge is -2.13. The highest BCUT2D eigenvalue weighted by atomic mass is 16.7. The number of hydrogen-bond acceptors (Lipinski definition) is 7. The van der Waals surface area contributed by atoms with Crippen LogP contribution in [0.4, 0.5) is 0 Å². The molecule has 0 spiro atoms. The van der Waals surface area contributed by atoms with Gasteiger partial charge in [-0.05, 0) is 31.5 Å². The predicted octanol–water partition coefficient (Wildman–Crippen LogP) is 1.38. The van der Waals surface area contributed by atoms with E-state index in [1.54, 1.807) is 19.1 Å². The molecule has 130 valence electrons. The van der Waals surface area contributed by atoms with Gasteiger partial charge < -0.3 is 19.5 Å². The highest BCUT2D eigenvalue weighted by Gasteiger charge is 2.20. The molecule has 0 radical (unpaired) electrons. The Hall–Kier alpha value is -3.16. The summed E-state index contributed by atoms with van der Waals surface area (Å²) < 4.78 is 15.6. The van der Waals surface area contributed by atoms with Crippen LogP contribution in [0.25, 0.3) is 0 Å². The van der Waals surface area contributed by atoms with E-state index in [1.807, 2.05) is 6.07 Å². The molecule has 2 aromatic rings. The van der Waals surface area contributed by atoms with Crippen molar-refractivity contribution >= 4 is 11.9 Å². The summed E-state index contributed by atoms with van der Waals surface area (Å²) in [5.41, 5.74) is 1.59. The molecule has 1 amide bonds. The van der Waals surface area contributed by atoms with E-state index in [9.17, 15) is 9.59 Å². The summed E-state index contributed by atoms with van der Waals surface area (Å²) in [6.07, 6.45) is 1.82. The summed E-state index contributed by atoms with van der Waals surface area (Å²) in [6.45, 7) is 3.73. The molecule has 0 fully saturated rings. The second kappa shape index (κ2) is 7.16. The molecule has 1 aromatic heterocycles. The number of amides is 1. The predicted molar refractivity (Wildman–Crippen MR) is 86.1 cm³/mol. The van der Waals surface area contributed by atoms with E-state index in [2.05, 4.69) is 15.3 Å². The first-order valence-electron chi connectivity index (χ1n) is 7.69. The smallest absolute Gasteiger partial charge is 0.359 e. The summed E-state index contributed by atoms with van der Waals surface area (Å²) in [4.78, 5) is 31.9. The van der Waals surface area contributed by atoms with Gasteiger partial charge in [-0.2, -0.15) is 0 Å². The van der Waals surface area contributed by atoms with Crippen LogP contribution >= 0.6 is 0 Å². The normalized spacial score (nSPS) is 13.2. The molecule has 0 unspecified atom stereocenters. The molecule has 1 atom stereocenters. The number of aromatic nitrogens is 2. The summed E-state index contributed by atoms with van der Waals surface area (Å²) in [6, 6.07) is 5.40. The zero-order valence-corrected chi connectivity index (χ0v) is 13.8. The zero-order valence-electron chi connectivity index (χ0n) is 13.8. The largest absolute Gasteiger partial charge is 0.454 e. The number of benzene rings is 1. The van der Waals surface area contributed by atoms with Gasteiger partial charge in [0.15, 0.2) is 23.3 Å². The van der Waals surface area contributed by atoms with E-state index in [0.717, 1.165) is 5.56 Å². The highest BCUT2D eigenvalue weighted by molar-refractivity contribution is 5.90. The lowest BCUT2D eigenvalue weighted by Crippen LogP contribution is -2.35. The third-order valence-corrected chi connectivity index (χ3v) is 3.55. The first-order chi connectivity index (χ1) is 12.0. The van der Waals surface area contributed by atoms with Crippen molar-refractivity contribution in [2.24, 2.45) is 0 Å². The summed E-state index contributed by atoms with van der Waals surface area (Å²) in [5, 5.41) is 2.71. The lowest BCUT2D eigenvalue weighted by atomic mass is 10.2. The first-order valence-corrected chi connectivity index (χ1v) is 7.69. The van der Waals surface area contributed by atoms with Crippen molar-refractivity contribution in [3.05, 3.63) is 47.5 Å². The van der Waals surface area contributed by atoms with Crippen LogP contribution in [-0.2, 0) is 16.1 Å². The highest BCUT2D eigenvalue weighted by Crippen LogP contribution is 2.32. The maximum atomic E-state index is 12.1. The molecule has 0 aliphatic carbocycles. The summed E-state index contributed by atoms with van der Waals surface area (Å²) in [5.74, 6) is 0.213. The molecule has 0 saturated carbocycles. The fraction of sp³-hybridized carbons (Fsp3) is 0.294. The third kappa shape index (κ3) is 4.03. The summed E-state index contributed by atoms with van der Waals surface area (Å²) in [7, 11) is 0. The number of ether oxygens (including phenoxy) is 3. The molecule has 8 nitrogen and oxygen atoms in total. The van der Waals surface area contributed by atoms with Gasteiger partial charge in [-0.15, -0.1) is 0 Å². The molecule has 1 N–H and O–H groups in total. The van der Waals surface area contributed by atoms with Crippen LogP contribution in [0.1, 0.15) is 28.7 Å². The molecule has 1 aliphatic rings. The van der Waals surface area contributed by atoms with Crippen LogP contribution in [0.15, 0.2) is 30.6 Å². The molecular weight excluding hydrogens is 326 g/mol. The van der Waals surface area contributed by atoms with E-state index in [0.29, 0.717) is 17.2 Å². The van der Waals surface area contributed by atoms with Crippen molar-refractivity contribution in [3.8, 4) is 11.5 Å². The molecular formula is C17H17N3O5. The Morgan fingerprint density at radius 3 is 2.80 bits per heavy atom. The van der Waals surface area contributed by atoms with Gasteiger partial charge in [0.1, 0.15) is 0 Å². The molecule has 25 heavy (non-hydrogen) atoms. The molecule has 0 bridgehead atoms. The van der Waals surface area contributed by atoms with Crippen molar-refractivity contribution in [2.75, 3.05) is 6.79 Å². The second-order valence-electron chi connectivity index (χ2n) is 5.50. The maximum Gasteiger partial charge on any atom is 0.359 e. The minimum Gasteiger partial charge on any atom is -0.454 e. The monoisotopic (exact) mass is 343 g/mol. The average molecular weight is 343 g/mol. The van der Waals surface area contributed by atoms with Gasteiger partial charge in [0.2, 0.25) is 6.79 Å². The second-order valence-corrected chi connectivity index (χ2v) is 5.50. The molecule has 3 rings (SSSR count). The van der Waals surface area contributed by atoms with E-state index in [1.165, 1.54) is 19.3 Å². The molecule has 1 aliphatic heterocycles. The van der Waals surface area contributed by atoms with Crippen molar-refractivity contribution in [3.63, 3.8) is 0 Å². The quantitative estimate of drug-likeness (QED) is 0.819. The first kappa shape index (κ1) is 16.7. The van der Waals surface area contributed by atoms with Crippen molar-refractivity contribution < 1.29 is 23.8 Å². The van der Waals surface area contributed by atoms with Crippen LogP contribution in [0.3, 0.4) is 0 Å². The number of nitrogens with one attached hydrogen (secondary N) is 1. The van der Waals surface area contributed by atoms with Crippen LogP contribution in [0, 0.1) is 6.92 Å². The lowest BCUT2D eigenvalue weighted by molar-refractivity contribution is -0.129. The molecule has 8 heteroatoms. The minimum absolute atomic E-state index is 0.0565. The number of nitrogens with zero attached hydrogens (tertiary/aromatic N) is 2. The van der Waals surface area contributed by atoms with Gasteiger partial charge in [-0.25, -0.2) is 9.78 Å². The zero-order chi connectivity index (χ0) is 17.8. The fourth-order valence-corrected chi connectivity index (χ4v) is 2.16. The molecule has 2 heterocycles. The number of hydrogen-bond donors (Lipinski definition) is 1. The van der Waals surface area contributed by atoms with Crippen LogP contribution in [0.5, 0.6) is 11.5 Å². The Labute approximate surface area is 144 Å². The van der Waals surface area contributed by atoms with Crippen molar-refractivity contribution in [1.82, 2.24) is 15.3 Å². The fourth-order valence-electron chi connectivity index (χ4n) is 2.16. The van der Waals surface area contributed by atoms with E-state index < -0.39 is 18.0 Å². The Morgan fingerprint density at radius 1 is 1.24 bits per heavy atom. The number of carbonyl (C=O) groups excluding carboxylic acids is 2. The van der Waals surface area contributed by atoms with Gasteiger partial charge >= 0.3 is 5.97 Å². The Morgan fingerprint density at radius 2 is 2.04 bits per heavy atom. The van der Waals surface area contributed by atoms with E-state index >= 15 is 0 Å². The minimum atomic E-state index is -0.954. The van der Waals surface area contributed by atoms with Gasteiger partial charge in [-0.1, -0.05) is 6.07 Å². The Balaban J connectivity index is 1.52. The molecule has 1 aromatic carbocycles. The Bertz CT molecular complexity index is 791. The topological polar surface area (TPSA) is 99.6 Å².